The highest BCUT2D eigenvalue weighted by atomic mass is 31.2. The molecule has 0 bridgehead atoms. The second-order valence-electron chi connectivity index (χ2n) is 3.39. The molecule has 5 heteroatoms. The van der Waals surface area contributed by atoms with Gasteiger partial charge in [-0.1, -0.05) is 12.1 Å². The first kappa shape index (κ1) is 11.7. The average Bonchev–Trinajstić information content (AvgIpc) is 2.62. The monoisotopic (exact) mass is 242 g/mol. The first-order valence-electron chi connectivity index (χ1n) is 4.99. The average molecular weight is 242 g/mol. The van der Waals surface area contributed by atoms with Crippen LogP contribution in [0.5, 0.6) is 0 Å². The molecule has 1 heterocycles. The standard InChI is InChI=1S/C11H12FO3P/c1-2-14-16(13)8-10(7-15-16)9-3-5-11(12)6-4-9/h3-6,8H,2,7H2,1H3. The van der Waals surface area contributed by atoms with E-state index in [9.17, 15) is 9.28 Å². The van der Waals surface area contributed by atoms with E-state index in [1.54, 1.807) is 19.1 Å². The number of rotatable bonds is 3. The molecule has 0 aliphatic carbocycles. The third kappa shape index (κ3) is 2.47. The van der Waals surface area contributed by atoms with E-state index in [0.717, 1.165) is 11.1 Å². The zero-order valence-corrected chi connectivity index (χ0v) is 9.75. The van der Waals surface area contributed by atoms with Crippen LogP contribution in [0.2, 0.25) is 0 Å². The van der Waals surface area contributed by atoms with Crippen LogP contribution in [0.25, 0.3) is 5.57 Å². The molecule has 1 atom stereocenters. The number of halogens is 1. The molecule has 0 radical (unpaired) electrons. The van der Waals surface area contributed by atoms with Gasteiger partial charge in [-0.05, 0) is 24.6 Å². The largest absolute Gasteiger partial charge is 0.628 e. The minimum absolute atomic E-state index is 0.239. The Balaban J connectivity index is 2.20. The van der Waals surface area contributed by atoms with E-state index in [1.165, 1.54) is 17.9 Å². The molecule has 86 valence electrons. The van der Waals surface area contributed by atoms with E-state index >= 15 is 0 Å². The molecule has 16 heavy (non-hydrogen) atoms. The van der Waals surface area contributed by atoms with Gasteiger partial charge in [0.1, 0.15) is 18.2 Å². The zero-order chi connectivity index (χ0) is 11.6. The van der Waals surface area contributed by atoms with Crippen molar-refractivity contribution in [3.63, 3.8) is 0 Å². The van der Waals surface area contributed by atoms with Crippen molar-refractivity contribution in [2.75, 3.05) is 13.2 Å². The molecule has 0 N–H and O–H groups in total. The van der Waals surface area contributed by atoms with Crippen molar-refractivity contribution >= 4 is 13.5 Å². The van der Waals surface area contributed by atoms with Gasteiger partial charge in [-0.3, -0.25) is 0 Å². The van der Waals surface area contributed by atoms with Crippen LogP contribution in [-0.2, 0) is 9.05 Å². The maximum absolute atomic E-state index is 12.7. The summed E-state index contributed by atoms with van der Waals surface area (Å²) in [4.78, 5) is 11.9. The highest BCUT2D eigenvalue weighted by Crippen LogP contribution is 2.60. The van der Waals surface area contributed by atoms with Gasteiger partial charge in [0, 0.05) is 5.57 Å². The van der Waals surface area contributed by atoms with Crippen LogP contribution in [-0.4, -0.2) is 13.2 Å². The number of benzene rings is 1. The molecule has 0 saturated heterocycles. The Morgan fingerprint density at radius 2 is 2.12 bits per heavy atom. The molecule has 0 aromatic heterocycles. The number of hydrogen-bond donors (Lipinski definition) is 0. The molecule has 2 rings (SSSR count). The molecular weight excluding hydrogens is 230 g/mol. The Morgan fingerprint density at radius 1 is 1.44 bits per heavy atom. The quantitative estimate of drug-likeness (QED) is 0.764. The summed E-state index contributed by atoms with van der Waals surface area (Å²) < 4.78 is 22.9. The van der Waals surface area contributed by atoms with Crippen molar-refractivity contribution in [1.82, 2.24) is 0 Å². The summed E-state index contributed by atoms with van der Waals surface area (Å²) in [7, 11) is -3.06. The predicted octanol–water partition coefficient (Wildman–Crippen LogP) is 2.36. The Hall–Kier alpha value is -0.800. The summed E-state index contributed by atoms with van der Waals surface area (Å²) in [5.41, 5.74) is 1.58. The van der Waals surface area contributed by atoms with Crippen LogP contribution in [0.4, 0.5) is 4.39 Å². The fourth-order valence-electron chi connectivity index (χ4n) is 1.50. The van der Waals surface area contributed by atoms with Crippen molar-refractivity contribution in [2.24, 2.45) is 0 Å². The van der Waals surface area contributed by atoms with Crippen LogP contribution in [0, 0.1) is 5.82 Å². The van der Waals surface area contributed by atoms with E-state index < -0.39 is 7.94 Å². The number of hydrogen-bond acceptors (Lipinski definition) is 3. The molecule has 1 aromatic rings. The normalized spacial score (nSPS) is 24.6. The van der Waals surface area contributed by atoms with E-state index in [4.69, 9.17) is 9.05 Å². The van der Waals surface area contributed by atoms with Crippen LogP contribution in [0.15, 0.2) is 30.1 Å². The Kier molecular flexibility index (Phi) is 3.36. The minimum Gasteiger partial charge on any atom is -0.628 e. The first-order chi connectivity index (χ1) is 7.63. The van der Waals surface area contributed by atoms with Gasteiger partial charge in [0.2, 0.25) is 0 Å². The van der Waals surface area contributed by atoms with E-state index in [1.807, 2.05) is 0 Å². The highest BCUT2D eigenvalue weighted by Gasteiger charge is 2.34. The van der Waals surface area contributed by atoms with Gasteiger partial charge in [-0.2, -0.15) is 0 Å². The Morgan fingerprint density at radius 3 is 2.75 bits per heavy atom. The van der Waals surface area contributed by atoms with Crippen molar-refractivity contribution in [1.29, 1.82) is 0 Å². The van der Waals surface area contributed by atoms with Gasteiger partial charge in [-0.15, -0.1) is 0 Å². The lowest BCUT2D eigenvalue weighted by atomic mass is 10.1. The van der Waals surface area contributed by atoms with Crippen molar-refractivity contribution in [2.45, 2.75) is 6.92 Å². The first-order valence-corrected chi connectivity index (χ1v) is 6.60. The molecule has 0 spiro atoms. The van der Waals surface area contributed by atoms with Gasteiger partial charge in [0.05, 0.1) is 6.61 Å². The molecule has 0 fully saturated rings. The van der Waals surface area contributed by atoms with Crippen LogP contribution >= 0.6 is 7.94 Å². The van der Waals surface area contributed by atoms with Gasteiger partial charge >= 0.3 is 0 Å². The van der Waals surface area contributed by atoms with Crippen molar-refractivity contribution in [3.05, 3.63) is 41.5 Å². The maximum atomic E-state index is 12.7. The summed E-state index contributed by atoms with van der Waals surface area (Å²) in [5.74, 6) is 1.21. The summed E-state index contributed by atoms with van der Waals surface area (Å²) in [5, 5.41) is 0. The lowest BCUT2D eigenvalue weighted by Crippen LogP contribution is -2.10. The zero-order valence-electron chi connectivity index (χ0n) is 8.85. The second-order valence-corrected chi connectivity index (χ2v) is 5.25. The molecule has 1 aliphatic heterocycles. The smallest absolute Gasteiger partial charge is 0.264 e. The molecule has 1 aromatic carbocycles. The van der Waals surface area contributed by atoms with Crippen LogP contribution in [0.1, 0.15) is 12.5 Å². The van der Waals surface area contributed by atoms with Gasteiger partial charge in [-0.25, -0.2) is 13.4 Å². The minimum atomic E-state index is -3.06. The van der Waals surface area contributed by atoms with Gasteiger partial charge in [0.25, 0.3) is 7.94 Å². The SMILES string of the molecule is CCO[P+]1([O-])C=C(c2ccc(F)cc2)CO1. The fourth-order valence-corrected chi connectivity index (χ4v) is 3.01. The Bertz CT molecular complexity index is 404. The molecule has 0 saturated carbocycles. The third-order valence-corrected chi connectivity index (χ3v) is 3.97. The summed E-state index contributed by atoms with van der Waals surface area (Å²) in [6.45, 7) is 2.33. The predicted molar refractivity (Wildman–Crippen MR) is 58.9 cm³/mol. The second kappa shape index (κ2) is 4.60. The maximum Gasteiger partial charge on any atom is 0.264 e. The van der Waals surface area contributed by atoms with Crippen molar-refractivity contribution in [3.8, 4) is 0 Å². The third-order valence-electron chi connectivity index (χ3n) is 2.24. The van der Waals surface area contributed by atoms with Gasteiger partial charge < -0.3 is 4.89 Å². The lowest BCUT2D eigenvalue weighted by molar-refractivity contribution is -0.211. The molecule has 3 nitrogen and oxygen atoms in total. The fraction of sp³-hybridized carbons (Fsp3) is 0.273. The van der Waals surface area contributed by atoms with E-state index in [2.05, 4.69) is 0 Å². The summed E-state index contributed by atoms with van der Waals surface area (Å²) in [6.07, 6.45) is 0. The topological polar surface area (TPSA) is 41.5 Å². The van der Waals surface area contributed by atoms with Crippen molar-refractivity contribution < 1.29 is 18.3 Å². The summed E-state index contributed by atoms with van der Waals surface area (Å²) in [6, 6.07) is 5.98. The molecule has 0 amide bonds. The van der Waals surface area contributed by atoms with Crippen LogP contribution < -0.4 is 4.89 Å². The molecular formula is C11H12FO3P. The van der Waals surface area contributed by atoms with E-state index in [-0.39, 0.29) is 12.4 Å². The van der Waals surface area contributed by atoms with Crippen LogP contribution in [0.3, 0.4) is 0 Å². The lowest BCUT2D eigenvalue weighted by Gasteiger charge is -2.17. The molecule has 1 unspecified atom stereocenters. The Labute approximate surface area is 94.1 Å². The summed E-state index contributed by atoms with van der Waals surface area (Å²) >= 11 is 0. The highest BCUT2D eigenvalue weighted by molar-refractivity contribution is 7.63. The molecule has 1 aliphatic rings. The van der Waals surface area contributed by atoms with E-state index in [0.29, 0.717) is 6.61 Å². The van der Waals surface area contributed by atoms with Gasteiger partial charge in [0.15, 0.2) is 0 Å².